The van der Waals surface area contributed by atoms with E-state index in [2.05, 4.69) is 0 Å². The molecule has 3 aromatic rings. The lowest BCUT2D eigenvalue weighted by molar-refractivity contribution is -0.120. The Kier molecular flexibility index (Phi) is 7.64. The van der Waals surface area contributed by atoms with E-state index in [0.29, 0.717) is 39.2 Å². The molecule has 0 bridgehead atoms. The minimum atomic E-state index is -4.37. The predicted octanol–water partition coefficient (Wildman–Crippen LogP) is 6.58. The van der Waals surface area contributed by atoms with Crippen molar-refractivity contribution >= 4 is 11.4 Å². The summed E-state index contributed by atoms with van der Waals surface area (Å²) < 4.78 is 77.4. The molecule has 0 aliphatic heterocycles. The molecule has 0 aliphatic carbocycles. The molecule has 0 amide bonds. The molecule has 0 radical (unpaired) electrons. The van der Waals surface area contributed by atoms with Crippen molar-refractivity contribution in [3.63, 3.8) is 0 Å². The van der Waals surface area contributed by atoms with Gasteiger partial charge in [-0.1, -0.05) is 54.6 Å². The van der Waals surface area contributed by atoms with E-state index < -0.39 is 31.0 Å². The first kappa shape index (κ1) is 27.4. The summed E-state index contributed by atoms with van der Waals surface area (Å²) in [5, 5.41) is 12.1. The minimum absolute atomic E-state index is 0.367. The van der Waals surface area contributed by atoms with E-state index >= 15 is 0 Å². The average molecular weight is 511 g/mol. The van der Waals surface area contributed by atoms with E-state index in [1.807, 2.05) is 0 Å². The fourth-order valence-electron chi connectivity index (χ4n) is 4.51. The molecule has 1 N–H and O–H groups in total. The van der Waals surface area contributed by atoms with Gasteiger partial charge in [0, 0.05) is 25.5 Å². The highest BCUT2D eigenvalue weighted by atomic mass is 19.4. The number of rotatable bonds is 7. The largest absolute Gasteiger partial charge is 0.405 e. The van der Waals surface area contributed by atoms with Crippen LogP contribution in [0.3, 0.4) is 0 Å². The van der Waals surface area contributed by atoms with Crippen molar-refractivity contribution in [2.24, 2.45) is 0 Å². The monoisotopic (exact) mass is 510 g/mol. The number of hydrogen-bond acceptors (Lipinski definition) is 3. The van der Waals surface area contributed by atoms with Crippen LogP contribution >= 0.6 is 0 Å². The zero-order valence-corrected chi connectivity index (χ0v) is 20.4. The van der Waals surface area contributed by atoms with Gasteiger partial charge in [-0.2, -0.15) is 26.3 Å². The summed E-state index contributed by atoms with van der Waals surface area (Å²) in [7, 11) is 2.69. The lowest BCUT2D eigenvalue weighted by atomic mass is 9.79. The Bertz CT molecular complexity index is 1120. The SMILES string of the molecule is Cc1cc(C(O)(c2ccccc2)c2ccc(N(C)CC(F)(F)F)c(C)c2)ccc1N(C)CC(F)(F)F. The van der Waals surface area contributed by atoms with Crippen LogP contribution in [0.1, 0.15) is 27.8 Å². The molecule has 0 aromatic heterocycles. The van der Waals surface area contributed by atoms with Crippen LogP contribution in [-0.2, 0) is 5.60 Å². The Morgan fingerprint density at radius 2 is 1.00 bits per heavy atom. The molecule has 3 rings (SSSR count). The Labute approximate surface area is 206 Å². The topological polar surface area (TPSA) is 26.7 Å². The molecule has 3 aromatic carbocycles. The third-order valence-corrected chi connectivity index (χ3v) is 6.08. The summed E-state index contributed by atoms with van der Waals surface area (Å²) in [6.07, 6.45) is -8.74. The zero-order valence-electron chi connectivity index (χ0n) is 20.4. The van der Waals surface area contributed by atoms with Gasteiger partial charge in [0.15, 0.2) is 0 Å². The van der Waals surface area contributed by atoms with Crippen molar-refractivity contribution in [3.8, 4) is 0 Å². The van der Waals surface area contributed by atoms with Gasteiger partial charge in [-0.25, -0.2) is 0 Å². The van der Waals surface area contributed by atoms with Crippen LogP contribution in [0.15, 0.2) is 66.7 Å². The lowest BCUT2D eigenvalue weighted by Gasteiger charge is -2.33. The van der Waals surface area contributed by atoms with Gasteiger partial charge in [-0.3, -0.25) is 0 Å². The molecule has 3 nitrogen and oxygen atoms in total. The van der Waals surface area contributed by atoms with Gasteiger partial charge in [-0.05, 0) is 53.8 Å². The van der Waals surface area contributed by atoms with Crippen molar-refractivity contribution in [3.05, 3.63) is 94.5 Å². The summed E-state index contributed by atoms with van der Waals surface area (Å²) in [6.45, 7) is 1.08. The highest BCUT2D eigenvalue weighted by Crippen LogP contribution is 2.40. The summed E-state index contributed by atoms with van der Waals surface area (Å²) in [4.78, 5) is 2.19. The van der Waals surface area contributed by atoms with Gasteiger partial charge in [-0.15, -0.1) is 0 Å². The molecular formula is C27H28F6N2O. The second kappa shape index (κ2) is 10.0. The zero-order chi connectivity index (χ0) is 26.9. The van der Waals surface area contributed by atoms with E-state index in [1.54, 1.807) is 68.4 Å². The third kappa shape index (κ3) is 6.13. The average Bonchev–Trinajstić information content (AvgIpc) is 2.76. The molecule has 0 aliphatic rings. The molecular weight excluding hydrogens is 482 g/mol. The predicted molar refractivity (Wildman–Crippen MR) is 130 cm³/mol. The number of aliphatic hydroxyl groups is 1. The molecule has 9 heteroatoms. The van der Waals surface area contributed by atoms with Gasteiger partial charge in [0.2, 0.25) is 0 Å². The van der Waals surface area contributed by atoms with Crippen LogP contribution in [0, 0.1) is 13.8 Å². The summed E-state index contributed by atoms with van der Waals surface area (Å²) in [5.41, 5.74) is 1.46. The number of hydrogen-bond donors (Lipinski definition) is 1. The van der Waals surface area contributed by atoms with Crippen molar-refractivity contribution < 1.29 is 31.4 Å². The quantitative estimate of drug-likeness (QED) is 0.287. The molecule has 0 spiro atoms. The van der Waals surface area contributed by atoms with Gasteiger partial charge >= 0.3 is 12.4 Å². The second-order valence-corrected chi connectivity index (χ2v) is 9.02. The molecule has 0 saturated carbocycles. The molecule has 194 valence electrons. The molecule has 0 unspecified atom stereocenters. The number of aryl methyl sites for hydroxylation is 2. The fraction of sp³-hybridized carbons (Fsp3) is 0.333. The number of benzene rings is 3. The molecule has 0 fully saturated rings. The van der Waals surface area contributed by atoms with Crippen molar-refractivity contribution in [1.29, 1.82) is 0 Å². The van der Waals surface area contributed by atoms with Crippen LogP contribution in [0.5, 0.6) is 0 Å². The van der Waals surface area contributed by atoms with Crippen molar-refractivity contribution in [1.82, 2.24) is 0 Å². The summed E-state index contributed by atoms with van der Waals surface area (Å²) in [5.74, 6) is 0. The highest BCUT2D eigenvalue weighted by molar-refractivity contribution is 5.60. The molecule has 0 heterocycles. The molecule has 36 heavy (non-hydrogen) atoms. The summed E-state index contributed by atoms with van der Waals surface area (Å²) in [6, 6.07) is 18.2. The fourth-order valence-corrected chi connectivity index (χ4v) is 4.51. The van der Waals surface area contributed by atoms with Crippen LogP contribution in [-0.4, -0.2) is 44.6 Å². The van der Waals surface area contributed by atoms with Gasteiger partial charge in [0.25, 0.3) is 0 Å². The van der Waals surface area contributed by atoms with Crippen molar-refractivity contribution in [2.75, 3.05) is 37.0 Å². The first-order chi connectivity index (χ1) is 16.6. The van der Waals surface area contributed by atoms with E-state index in [1.165, 1.54) is 26.2 Å². The maximum absolute atomic E-state index is 12.9. The van der Waals surface area contributed by atoms with E-state index in [4.69, 9.17) is 0 Å². The standard InChI is InChI=1S/C27H28F6N2O/c1-18-14-21(10-12-23(18)34(3)16-25(28,29)30)27(36,20-8-6-5-7-9-20)22-11-13-24(19(2)15-22)35(4)17-26(31,32)33/h5-15,36H,16-17H2,1-4H3. The van der Waals surface area contributed by atoms with Gasteiger partial charge < -0.3 is 14.9 Å². The Morgan fingerprint density at radius 1 is 0.611 bits per heavy atom. The maximum Gasteiger partial charge on any atom is 0.405 e. The normalized spacial score (nSPS) is 12.5. The summed E-state index contributed by atoms with van der Waals surface area (Å²) >= 11 is 0. The number of alkyl halides is 6. The number of halogens is 6. The number of anilines is 2. The second-order valence-electron chi connectivity index (χ2n) is 9.02. The van der Waals surface area contributed by atoms with Crippen LogP contribution < -0.4 is 9.80 Å². The van der Waals surface area contributed by atoms with Gasteiger partial charge in [0.1, 0.15) is 18.7 Å². The minimum Gasteiger partial charge on any atom is -0.376 e. The van der Waals surface area contributed by atoms with Crippen LogP contribution in [0.25, 0.3) is 0 Å². The Morgan fingerprint density at radius 3 is 1.33 bits per heavy atom. The Balaban J connectivity index is 2.10. The maximum atomic E-state index is 12.9. The van der Waals surface area contributed by atoms with Crippen LogP contribution in [0.2, 0.25) is 0 Å². The lowest BCUT2D eigenvalue weighted by Crippen LogP contribution is -2.33. The van der Waals surface area contributed by atoms with E-state index in [-0.39, 0.29) is 0 Å². The molecule has 0 saturated heterocycles. The third-order valence-electron chi connectivity index (χ3n) is 6.08. The van der Waals surface area contributed by atoms with Crippen LogP contribution in [0.4, 0.5) is 37.7 Å². The Hall–Kier alpha value is -3.20. The first-order valence-electron chi connectivity index (χ1n) is 11.2. The van der Waals surface area contributed by atoms with E-state index in [9.17, 15) is 31.4 Å². The first-order valence-corrected chi connectivity index (χ1v) is 11.2. The highest BCUT2D eigenvalue weighted by Gasteiger charge is 2.36. The van der Waals surface area contributed by atoms with E-state index in [0.717, 1.165) is 9.80 Å². The van der Waals surface area contributed by atoms with Gasteiger partial charge in [0.05, 0.1) is 0 Å². The number of nitrogens with zero attached hydrogens (tertiary/aromatic N) is 2. The van der Waals surface area contributed by atoms with Crippen molar-refractivity contribution in [2.45, 2.75) is 31.8 Å². The smallest absolute Gasteiger partial charge is 0.376 e. The molecule has 0 atom stereocenters.